The van der Waals surface area contributed by atoms with Crippen LogP contribution in [-0.4, -0.2) is 5.91 Å². The number of hydrogen-bond acceptors (Lipinski definition) is 3. The largest absolute Gasteiger partial charge is 0.451 e. The highest BCUT2D eigenvalue weighted by Gasteiger charge is 2.34. The van der Waals surface area contributed by atoms with E-state index in [1.165, 1.54) is 18.2 Å². The van der Waals surface area contributed by atoms with Crippen LogP contribution in [0.4, 0.5) is 18.9 Å². The number of rotatable bonds is 3. The number of benzene rings is 2. The summed E-state index contributed by atoms with van der Waals surface area (Å²) in [6.07, 6.45) is -4.60. The van der Waals surface area contributed by atoms with Crippen molar-refractivity contribution in [1.82, 2.24) is 0 Å². The number of amides is 1. The minimum Gasteiger partial charge on any atom is -0.451 e. The second-order valence-corrected chi connectivity index (χ2v) is 5.39. The third-order valence-electron chi connectivity index (χ3n) is 3.50. The van der Waals surface area contributed by atoms with E-state index in [-0.39, 0.29) is 23.3 Å². The van der Waals surface area contributed by atoms with Gasteiger partial charge in [0.15, 0.2) is 5.43 Å². The van der Waals surface area contributed by atoms with Crippen LogP contribution in [0.1, 0.15) is 11.3 Å². The first-order valence-electron chi connectivity index (χ1n) is 7.32. The number of fused-ring (bicyclic) bond motifs is 1. The Hall–Kier alpha value is -3.09. The molecule has 128 valence electrons. The van der Waals surface area contributed by atoms with E-state index in [0.29, 0.717) is 11.8 Å². The van der Waals surface area contributed by atoms with Gasteiger partial charge in [0.1, 0.15) is 5.58 Å². The average molecular weight is 347 g/mol. The van der Waals surface area contributed by atoms with Gasteiger partial charge in [0.2, 0.25) is 11.7 Å². The van der Waals surface area contributed by atoms with Gasteiger partial charge in [0.05, 0.1) is 11.8 Å². The van der Waals surface area contributed by atoms with Crippen LogP contribution in [0.3, 0.4) is 0 Å². The van der Waals surface area contributed by atoms with Gasteiger partial charge in [-0.3, -0.25) is 9.59 Å². The first-order chi connectivity index (χ1) is 11.8. The van der Waals surface area contributed by atoms with Gasteiger partial charge in [0, 0.05) is 11.8 Å². The van der Waals surface area contributed by atoms with E-state index < -0.39 is 17.4 Å². The molecular formula is C18H12F3NO3. The van der Waals surface area contributed by atoms with Crippen LogP contribution in [0.15, 0.2) is 63.8 Å². The molecule has 1 amide bonds. The molecule has 0 aliphatic heterocycles. The Labute approximate surface area is 139 Å². The highest BCUT2D eigenvalue weighted by atomic mass is 19.4. The molecule has 0 spiro atoms. The van der Waals surface area contributed by atoms with Crippen LogP contribution in [0.2, 0.25) is 0 Å². The molecule has 2 aromatic carbocycles. The third kappa shape index (κ3) is 3.88. The Kier molecular flexibility index (Phi) is 4.31. The number of halogens is 3. The molecule has 0 saturated carbocycles. The summed E-state index contributed by atoms with van der Waals surface area (Å²) < 4.78 is 42.7. The zero-order chi connectivity index (χ0) is 18.0. The summed E-state index contributed by atoms with van der Waals surface area (Å²) in [6, 6.07) is 13.4. The molecule has 1 N–H and O–H groups in total. The van der Waals surface area contributed by atoms with Crippen molar-refractivity contribution in [1.29, 1.82) is 0 Å². The van der Waals surface area contributed by atoms with Crippen LogP contribution in [0.25, 0.3) is 11.0 Å². The third-order valence-corrected chi connectivity index (χ3v) is 3.50. The van der Waals surface area contributed by atoms with Crippen molar-refractivity contribution in [2.45, 2.75) is 12.6 Å². The predicted octanol–water partition coefficient (Wildman–Crippen LogP) is 3.99. The monoisotopic (exact) mass is 347 g/mol. The Bertz CT molecular complexity index is 978. The molecule has 0 radical (unpaired) electrons. The minimum atomic E-state index is -4.74. The van der Waals surface area contributed by atoms with E-state index in [9.17, 15) is 22.8 Å². The fourth-order valence-corrected chi connectivity index (χ4v) is 2.36. The molecule has 0 aliphatic carbocycles. The Balaban J connectivity index is 1.85. The molecule has 1 aromatic heterocycles. The van der Waals surface area contributed by atoms with E-state index in [1.807, 2.05) is 18.2 Å². The SMILES string of the molecule is O=C(Cc1ccccc1)Nc1ccc2oc(C(F)(F)F)cc(=O)c2c1. The Morgan fingerprint density at radius 1 is 1.04 bits per heavy atom. The number of carbonyl (C=O) groups is 1. The van der Waals surface area contributed by atoms with E-state index >= 15 is 0 Å². The Morgan fingerprint density at radius 3 is 2.44 bits per heavy atom. The zero-order valence-electron chi connectivity index (χ0n) is 12.8. The van der Waals surface area contributed by atoms with Gasteiger partial charge in [-0.25, -0.2) is 0 Å². The van der Waals surface area contributed by atoms with Crippen molar-refractivity contribution in [3.8, 4) is 0 Å². The van der Waals surface area contributed by atoms with Crippen LogP contribution >= 0.6 is 0 Å². The summed E-state index contributed by atoms with van der Waals surface area (Å²) in [5, 5.41) is 2.58. The number of carbonyl (C=O) groups excluding carboxylic acids is 1. The van der Waals surface area contributed by atoms with Crippen LogP contribution in [-0.2, 0) is 17.4 Å². The first kappa shape index (κ1) is 16.8. The summed E-state index contributed by atoms with van der Waals surface area (Å²) >= 11 is 0. The normalized spacial score (nSPS) is 11.5. The molecule has 0 atom stereocenters. The molecule has 0 unspecified atom stereocenters. The smallest absolute Gasteiger partial charge is 0.449 e. The van der Waals surface area contributed by atoms with Gasteiger partial charge in [-0.15, -0.1) is 0 Å². The van der Waals surface area contributed by atoms with Gasteiger partial charge in [-0.05, 0) is 23.8 Å². The molecule has 3 rings (SSSR count). The molecule has 1 heterocycles. The summed E-state index contributed by atoms with van der Waals surface area (Å²) in [7, 11) is 0. The number of hydrogen-bond donors (Lipinski definition) is 1. The topological polar surface area (TPSA) is 59.3 Å². The number of nitrogens with one attached hydrogen (secondary N) is 1. The van der Waals surface area contributed by atoms with Crippen LogP contribution in [0, 0.1) is 0 Å². The molecular weight excluding hydrogens is 335 g/mol. The van der Waals surface area contributed by atoms with Crippen LogP contribution < -0.4 is 10.7 Å². The Morgan fingerprint density at radius 2 is 1.76 bits per heavy atom. The lowest BCUT2D eigenvalue weighted by atomic mass is 10.1. The highest BCUT2D eigenvalue weighted by molar-refractivity contribution is 5.94. The van der Waals surface area contributed by atoms with Crippen molar-refractivity contribution < 1.29 is 22.4 Å². The van der Waals surface area contributed by atoms with E-state index in [4.69, 9.17) is 4.42 Å². The molecule has 25 heavy (non-hydrogen) atoms. The van der Waals surface area contributed by atoms with Gasteiger partial charge >= 0.3 is 6.18 Å². The van der Waals surface area contributed by atoms with E-state index in [0.717, 1.165) is 5.56 Å². The minimum absolute atomic E-state index is 0.0366. The predicted molar refractivity (Wildman–Crippen MR) is 86.3 cm³/mol. The van der Waals surface area contributed by atoms with Crippen molar-refractivity contribution in [3.05, 3.63) is 76.1 Å². The zero-order valence-corrected chi connectivity index (χ0v) is 12.8. The van der Waals surface area contributed by atoms with Crippen LogP contribution in [0.5, 0.6) is 0 Å². The fraction of sp³-hybridized carbons (Fsp3) is 0.111. The quantitative estimate of drug-likeness (QED) is 0.779. The van der Waals surface area contributed by atoms with Gasteiger partial charge < -0.3 is 9.73 Å². The lowest BCUT2D eigenvalue weighted by molar-refractivity contribution is -0.152. The second-order valence-electron chi connectivity index (χ2n) is 5.39. The average Bonchev–Trinajstić information content (AvgIpc) is 2.55. The van der Waals surface area contributed by atoms with E-state index in [2.05, 4.69) is 5.32 Å². The second kappa shape index (κ2) is 6.43. The molecule has 0 aliphatic rings. The van der Waals surface area contributed by atoms with Gasteiger partial charge in [0.25, 0.3) is 0 Å². The van der Waals surface area contributed by atoms with Crippen molar-refractivity contribution in [3.63, 3.8) is 0 Å². The molecule has 0 fully saturated rings. The highest BCUT2D eigenvalue weighted by Crippen LogP contribution is 2.30. The standard InChI is InChI=1S/C18H12F3NO3/c19-18(20,21)16-10-14(23)13-9-12(6-7-15(13)25-16)22-17(24)8-11-4-2-1-3-5-11/h1-7,9-10H,8H2,(H,22,24). The van der Waals surface area contributed by atoms with Gasteiger partial charge in [-0.2, -0.15) is 13.2 Å². The summed E-state index contributed by atoms with van der Waals surface area (Å²) in [4.78, 5) is 23.9. The lowest BCUT2D eigenvalue weighted by Crippen LogP contribution is -2.15. The molecule has 3 aromatic rings. The van der Waals surface area contributed by atoms with Crippen molar-refractivity contribution in [2.24, 2.45) is 0 Å². The maximum Gasteiger partial charge on any atom is 0.449 e. The molecule has 4 nitrogen and oxygen atoms in total. The number of anilines is 1. The van der Waals surface area contributed by atoms with Crippen molar-refractivity contribution in [2.75, 3.05) is 5.32 Å². The summed E-state index contributed by atoms with van der Waals surface area (Å²) in [5.74, 6) is -1.66. The summed E-state index contributed by atoms with van der Waals surface area (Å²) in [6.45, 7) is 0. The maximum absolute atomic E-state index is 12.7. The fourth-order valence-electron chi connectivity index (χ4n) is 2.36. The van der Waals surface area contributed by atoms with Crippen molar-refractivity contribution >= 4 is 22.6 Å². The first-order valence-corrected chi connectivity index (χ1v) is 7.32. The molecule has 0 saturated heterocycles. The maximum atomic E-state index is 12.7. The molecule has 0 bridgehead atoms. The van der Waals surface area contributed by atoms with E-state index in [1.54, 1.807) is 12.1 Å². The number of alkyl halides is 3. The molecule has 7 heteroatoms. The van der Waals surface area contributed by atoms with Gasteiger partial charge in [-0.1, -0.05) is 30.3 Å². The summed E-state index contributed by atoms with van der Waals surface area (Å²) in [5.41, 5.74) is 0.101. The lowest BCUT2D eigenvalue weighted by Gasteiger charge is -2.08.